The number of carboxylic acids is 1. The van der Waals surface area contributed by atoms with Gasteiger partial charge in [-0.25, -0.2) is 0 Å². The van der Waals surface area contributed by atoms with Crippen LogP contribution in [0.5, 0.6) is 5.75 Å². The molecule has 0 spiro atoms. The highest BCUT2D eigenvalue weighted by Crippen LogP contribution is 2.40. The fourth-order valence-electron chi connectivity index (χ4n) is 1.71. The zero-order valence-corrected chi connectivity index (χ0v) is 11.9. The van der Waals surface area contributed by atoms with E-state index in [2.05, 4.69) is 0 Å². The van der Waals surface area contributed by atoms with Crippen LogP contribution in [0.25, 0.3) is 0 Å². The summed E-state index contributed by atoms with van der Waals surface area (Å²) in [6.45, 7) is 2.71. The minimum absolute atomic E-state index is 0.0108. The van der Waals surface area contributed by atoms with Gasteiger partial charge in [-0.1, -0.05) is 11.6 Å². The van der Waals surface area contributed by atoms with E-state index >= 15 is 0 Å². The maximum absolute atomic E-state index is 13.0. The van der Waals surface area contributed by atoms with Crippen molar-refractivity contribution in [3.05, 3.63) is 28.3 Å². The number of ether oxygens (including phenoxy) is 1. The molecule has 1 aromatic carbocycles. The average molecular weight is 311 g/mol. The topological polar surface area (TPSA) is 46.5 Å². The first-order chi connectivity index (χ1) is 8.99. The summed E-state index contributed by atoms with van der Waals surface area (Å²) in [5, 5.41) is 9.04. The van der Waals surface area contributed by atoms with E-state index in [9.17, 15) is 18.0 Å². The van der Waals surface area contributed by atoms with Crippen LogP contribution in [0, 0.1) is 5.41 Å². The number of methoxy groups -OCH3 is 1. The summed E-state index contributed by atoms with van der Waals surface area (Å²) < 4.78 is 43.8. The molecule has 0 aliphatic carbocycles. The fourth-order valence-corrected chi connectivity index (χ4v) is 1.98. The average Bonchev–Trinajstić information content (AvgIpc) is 2.26. The molecular weight excluding hydrogens is 297 g/mol. The molecule has 0 saturated heterocycles. The van der Waals surface area contributed by atoms with E-state index in [4.69, 9.17) is 21.4 Å². The number of carbonyl (C=O) groups is 1. The second-order valence-electron chi connectivity index (χ2n) is 5.01. The van der Waals surface area contributed by atoms with Crippen LogP contribution in [0.15, 0.2) is 12.1 Å². The fraction of sp³-hybridized carbons (Fsp3) is 0.462. The molecule has 0 saturated carbocycles. The highest BCUT2D eigenvalue weighted by atomic mass is 35.5. The number of hydrogen-bond acceptors (Lipinski definition) is 2. The molecule has 7 heteroatoms. The third-order valence-electron chi connectivity index (χ3n) is 2.89. The molecule has 0 bridgehead atoms. The molecule has 0 amide bonds. The summed E-state index contributed by atoms with van der Waals surface area (Å²) in [7, 11) is 1.21. The summed E-state index contributed by atoms with van der Waals surface area (Å²) in [6, 6.07) is 1.89. The lowest BCUT2D eigenvalue weighted by atomic mass is 9.84. The van der Waals surface area contributed by atoms with Gasteiger partial charge in [-0.2, -0.15) is 13.2 Å². The number of aliphatic carboxylic acids is 1. The van der Waals surface area contributed by atoms with Crippen molar-refractivity contribution < 1.29 is 27.8 Å². The quantitative estimate of drug-likeness (QED) is 0.913. The van der Waals surface area contributed by atoms with E-state index in [-0.39, 0.29) is 22.8 Å². The zero-order chi connectivity index (χ0) is 15.7. The molecule has 0 radical (unpaired) electrons. The van der Waals surface area contributed by atoms with E-state index in [1.165, 1.54) is 21.0 Å². The number of halogens is 4. The van der Waals surface area contributed by atoms with Crippen LogP contribution in [0.1, 0.15) is 25.0 Å². The van der Waals surface area contributed by atoms with Gasteiger partial charge in [0.1, 0.15) is 5.75 Å². The Morgan fingerprint density at radius 3 is 2.30 bits per heavy atom. The van der Waals surface area contributed by atoms with Gasteiger partial charge in [-0.15, -0.1) is 0 Å². The molecule has 0 fully saturated rings. The lowest BCUT2D eigenvalue weighted by molar-refractivity contribution is -0.148. The summed E-state index contributed by atoms with van der Waals surface area (Å²) in [6.07, 6.45) is -4.90. The van der Waals surface area contributed by atoms with Crippen molar-refractivity contribution in [2.75, 3.05) is 7.11 Å². The van der Waals surface area contributed by atoms with E-state index in [1.807, 2.05) is 0 Å². The van der Waals surface area contributed by atoms with Crippen molar-refractivity contribution in [1.82, 2.24) is 0 Å². The van der Waals surface area contributed by atoms with Crippen molar-refractivity contribution in [2.45, 2.75) is 26.4 Å². The van der Waals surface area contributed by atoms with Gasteiger partial charge >= 0.3 is 12.1 Å². The number of hydrogen-bond donors (Lipinski definition) is 1. The van der Waals surface area contributed by atoms with E-state index in [1.54, 1.807) is 0 Å². The first kappa shape index (κ1) is 16.6. The molecule has 0 aliphatic rings. The molecule has 0 unspecified atom stereocenters. The monoisotopic (exact) mass is 310 g/mol. The molecule has 0 heterocycles. The normalized spacial score (nSPS) is 12.3. The second-order valence-corrected chi connectivity index (χ2v) is 5.41. The van der Waals surface area contributed by atoms with Crippen LogP contribution in [-0.4, -0.2) is 18.2 Å². The van der Waals surface area contributed by atoms with Gasteiger partial charge in [-0.05, 0) is 38.0 Å². The Morgan fingerprint density at radius 1 is 1.35 bits per heavy atom. The molecule has 0 atom stereocenters. The summed E-state index contributed by atoms with van der Waals surface area (Å²) in [4.78, 5) is 11.1. The molecule has 0 aliphatic heterocycles. The largest absolute Gasteiger partial charge is 0.495 e. The van der Waals surface area contributed by atoms with E-state index < -0.39 is 23.1 Å². The van der Waals surface area contributed by atoms with Crippen LogP contribution < -0.4 is 4.74 Å². The van der Waals surface area contributed by atoms with Gasteiger partial charge in [0.25, 0.3) is 0 Å². The standard InChI is InChI=1S/C13H14ClF3O3/c1-12(2,11(18)19)6-7-4-9(14)10(20-3)5-8(7)13(15,16)17/h4-5H,6H2,1-3H3,(H,18,19). The predicted octanol–water partition coefficient (Wildman–Crippen LogP) is 4.02. The maximum atomic E-state index is 13.0. The Kier molecular flexibility index (Phi) is 4.59. The van der Waals surface area contributed by atoms with Gasteiger partial charge in [0, 0.05) is 0 Å². The first-order valence-corrected chi connectivity index (χ1v) is 6.04. The third-order valence-corrected chi connectivity index (χ3v) is 3.19. The van der Waals surface area contributed by atoms with Crippen LogP contribution in [0.4, 0.5) is 13.2 Å². The Bertz CT molecular complexity index is 524. The molecule has 3 nitrogen and oxygen atoms in total. The third kappa shape index (κ3) is 3.56. The SMILES string of the molecule is COc1cc(C(F)(F)F)c(CC(C)(C)C(=O)O)cc1Cl. The maximum Gasteiger partial charge on any atom is 0.416 e. The molecule has 1 rings (SSSR count). The van der Waals surface area contributed by atoms with Gasteiger partial charge in [0.2, 0.25) is 0 Å². The Morgan fingerprint density at radius 2 is 1.90 bits per heavy atom. The highest BCUT2D eigenvalue weighted by molar-refractivity contribution is 6.32. The lowest BCUT2D eigenvalue weighted by Crippen LogP contribution is -2.27. The van der Waals surface area contributed by atoms with Crippen LogP contribution in [0.3, 0.4) is 0 Å². The van der Waals surface area contributed by atoms with Crippen molar-refractivity contribution in [2.24, 2.45) is 5.41 Å². The minimum Gasteiger partial charge on any atom is -0.495 e. The minimum atomic E-state index is -4.61. The molecular formula is C13H14ClF3O3. The summed E-state index contributed by atoms with van der Waals surface area (Å²) >= 11 is 5.82. The Balaban J connectivity index is 3.38. The smallest absolute Gasteiger partial charge is 0.416 e. The summed E-state index contributed by atoms with van der Waals surface area (Å²) in [5.41, 5.74) is -2.44. The number of benzene rings is 1. The lowest BCUT2D eigenvalue weighted by Gasteiger charge is -2.22. The van der Waals surface area contributed by atoms with Crippen molar-refractivity contribution >= 4 is 17.6 Å². The predicted molar refractivity (Wildman–Crippen MR) is 68.1 cm³/mol. The van der Waals surface area contributed by atoms with Crippen molar-refractivity contribution in [3.8, 4) is 5.75 Å². The van der Waals surface area contributed by atoms with Gasteiger partial charge in [-0.3, -0.25) is 4.79 Å². The molecule has 20 heavy (non-hydrogen) atoms. The van der Waals surface area contributed by atoms with E-state index in [0.717, 1.165) is 12.1 Å². The van der Waals surface area contributed by atoms with Crippen molar-refractivity contribution in [3.63, 3.8) is 0 Å². The van der Waals surface area contributed by atoms with Gasteiger partial charge in [0.15, 0.2) is 0 Å². The van der Waals surface area contributed by atoms with Crippen LogP contribution in [-0.2, 0) is 17.4 Å². The number of carboxylic acid groups (broad SMARTS) is 1. The molecule has 1 aromatic rings. The zero-order valence-electron chi connectivity index (χ0n) is 11.1. The van der Waals surface area contributed by atoms with Crippen LogP contribution in [0.2, 0.25) is 5.02 Å². The first-order valence-electron chi connectivity index (χ1n) is 5.66. The van der Waals surface area contributed by atoms with Crippen molar-refractivity contribution in [1.29, 1.82) is 0 Å². The van der Waals surface area contributed by atoms with Crippen LogP contribution >= 0.6 is 11.6 Å². The number of alkyl halides is 3. The summed E-state index contributed by atoms with van der Waals surface area (Å²) in [5.74, 6) is -1.28. The van der Waals surface area contributed by atoms with Gasteiger partial charge < -0.3 is 9.84 Å². The molecule has 0 aromatic heterocycles. The Hall–Kier alpha value is -1.43. The number of rotatable bonds is 4. The Labute approximate surface area is 119 Å². The second kappa shape index (κ2) is 5.52. The molecule has 1 N–H and O–H groups in total. The van der Waals surface area contributed by atoms with E-state index in [0.29, 0.717) is 0 Å². The molecule has 112 valence electrons. The van der Waals surface area contributed by atoms with Gasteiger partial charge in [0.05, 0.1) is 23.1 Å². The highest BCUT2D eigenvalue weighted by Gasteiger charge is 2.37.